The van der Waals surface area contributed by atoms with Crippen molar-refractivity contribution in [3.8, 4) is 0 Å². The Bertz CT molecular complexity index is 648. The molecule has 8 heteroatoms. The monoisotopic (exact) mass is 294 g/mol. The summed E-state index contributed by atoms with van der Waals surface area (Å²) in [4.78, 5) is 13.7. The highest BCUT2D eigenvalue weighted by atomic mass is 35.5. The third kappa shape index (κ3) is 1.90. The van der Waals surface area contributed by atoms with Gasteiger partial charge < -0.3 is 0 Å². The van der Waals surface area contributed by atoms with Crippen molar-refractivity contribution < 1.29 is 9.31 Å². The van der Waals surface area contributed by atoms with Crippen molar-refractivity contribution in [2.75, 3.05) is 0 Å². The molecular formula is C9H2Cl3FN2O2. The number of benzene rings is 1. The number of hydrogen-bond acceptors (Lipinski definition) is 3. The van der Waals surface area contributed by atoms with E-state index in [0.717, 1.165) is 6.20 Å². The summed E-state index contributed by atoms with van der Waals surface area (Å²) in [6.45, 7) is 0. The summed E-state index contributed by atoms with van der Waals surface area (Å²) in [5.74, 6) is -0.884. The zero-order chi connectivity index (χ0) is 12.7. The summed E-state index contributed by atoms with van der Waals surface area (Å²) in [6.07, 6.45) is 0.967. The second-order valence-corrected chi connectivity index (χ2v) is 4.26. The SMILES string of the molecule is O=[N+]([O-])c1cnc2cc(Cl)c(F)c(Cl)c2c1Cl. The third-order valence-electron chi connectivity index (χ3n) is 2.11. The van der Waals surface area contributed by atoms with Crippen LogP contribution in [0.2, 0.25) is 15.1 Å². The molecule has 0 amide bonds. The standard InChI is InChI=1S/C9H2Cl3FN2O2/c10-3-1-4-6(8(12)9(3)13)7(11)5(2-14-4)15(16)17/h1-2H. The Balaban J connectivity index is 2.95. The first-order valence-corrected chi connectivity index (χ1v) is 5.33. The van der Waals surface area contributed by atoms with Gasteiger partial charge >= 0.3 is 5.69 Å². The van der Waals surface area contributed by atoms with Gasteiger partial charge in [-0.2, -0.15) is 0 Å². The number of rotatable bonds is 1. The van der Waals surface area contributed by atoms with Gasteiger partial charge in [-0.1, -0.05) is 34.8 Å². The maximum atomic E-state index is 13.5. The number of pyridine rings is 1. The lowest BCUT2D eigenvalue weighted by Gasteiger charge is -2.05. The van der Waals surface area contributed by atoms with E-state index in [4.69, 9.17) is 34.8 Å². The molecule has 88 valence electrons. The van der Waals surface area contributed by atoms with Gasteiger partial charge in [0.25, 0.3) is 0 Å². The largest absolute Gasteiger partial charge is 0.306 e. The van der Waals surface area contributed by atoms with Crippen LogP contribution in [0.3, 0.4) is 0 Å². The van der Waals surface area contributed by atoms with Gasteiger partial charge in [0.15, 0.2) is 5.82 Å². The molecule has 1 aromatic heterocycles. The van der Waals surface area contributed by atoms with Gasteiger partial charge in [-0.3, -0.25) is 10.1 Å². The number of aromatic nitrogens is 1. The Kier molecular flexibility index (Phi) is 3.07. The minimum absolute atomic E-state index is 0.0237. The summed E-state index contributed by atoms with van der Waals surface area (Å²) in [7, 11) is 0. The van der Waals surface area contributed by atoms with Crippen molar-refractivity contribution in [1.29, 1.82) is 0 Å². The lowest BCUT2D eigenvalue weighted by Crippen LogP contribution is -1.94. The predicted octanol–water partition coefficient (Wildman–Crippen LogP) is 4.24. The molecule has 1 heterocycles. The molecule has 0 atom stereocenters. The Labute approximate surface area is 109 Å². The zero-order valence-corrected chi connectivity index (χ0v) is 10.1. The van der Waals surface area contributed by atoms with Crippen LogP contribution in [0.5, 0.6) is 0 Å². The van der Waals surface area contributed by atoms with E-state index in [1.807, 2.05) is 0 Å². The fraction of sp³-hybridized carbons (Fsp3) is 0. The third-order valence-corrected chi connectivity index (χ3v) is 3.12. The van der Waals surface area contributed by atoms with Crippen LogP contribution in [0.15, 0.2) is 12.3 Å². The molecule has 0 saturated carbocycles. The minimum atomic E-state index is -0.884. The highest BCUT2D eigenvalue weighted by molar-refractivity contribution is 6.44. The molecule has 4 nitrogen and oxygen atoms in total. The molecule has 2 rings (SSSR count). The molecule has 0 radical (unpaired) electrons. The zero-order valence-electron chi connectivity index (χ0n) is 7.88. The van der Waals surface area contributed by atoms with Crippen molar-refractivity contribution in [3.05, 3.63) is 43.3 Å². The average molecular weight is 295 g/mol. The van der Waals surface area contributed by atoms with E-state index in [-0.39, 0.29) is 26.0 Å². The highest BCUT2D eigenvalue weighted by Crippen LogP contribution is 2.38. The maximum Gasteiger partial charge on any atom is 0.306 e. The molecule has 0 spiro atoms. The molecular weight excluding hydrogens is 293 g/mol. The maximum absolute atomic E-state index is 13.5. The normalized spacial score (nSPS) is 10.8. The number of hydrogen-bond donors (Lipinski definition) is 0. The first-order valence-electron chi connectivity index (χ1n) is 4.19. The van der Waals surface area contributed by atoms with Crippen LogP contribution in [-0.4, -0.2) is 9.91 Å². The molecule has 2 aromatic rings. The van der Waals surface area contributed by atoms with Crippen molar-refractivity contribution in [1.82, 2.24) is 4.98 Å². The number of fused-ring (bicyclic) bond motifs is 1. The van der Waals surface area contributed by atoms with Gasteiger partial charge in [0, 0.05) is 5.39 Å². The summed E-state index contributed by atoms with van der Waals surface area (Å²) < 4.78 is 13.5. The lowest BCUT2D eigenvalue weighted by molar-refractivity contribution is -0.384. The molecule has 0 aliphatic rings. The smallest absolute Gasteiger partial charge is 0.258 e. The van der Waals surface area contributed by atoms with E-state index in [1.54, 1.807) is 0 Å². The van der Waals surface area contributed by atoms with Crippen LogP contribution in [0, 0.1) is 15.9 Å². The molecule has 0 bridgehead atoms. The van der Waals surface area contributed by atoms with E-state index in [1.165, 1.54) is 6.07 Å². The number of halogens is 4. The first kappa shape index (κ1) is 12.3. The fourth-order valence-corrected chi connectivity index (χ4v) is 2.23. The summed E-state index contributed by atoms with van der Waals surface area (Å²) >= 11 is 17.1. The van der Waals surface area contributed by atoms with Crippen LogP contribution < -0.4 is 0 Å². The molecule has 17 heavy (non-hydrogen) atoms. The van der Waals surface area contributed by atoms with Gasteiger partial charge in [0.2, 0.25) is 0 Å². The van der Waals surface area contributed by atoms with Crippen LogP contribution in [0.4, 0.5) is 10.1 Å². The van der Waals surface area contributed by atoms with Crippen molar-refractivity contribution in [3.63, 3.8) is 0 Å². The van der Waals surface area contributed by atoms with E-state index in [0.29, 0.717) is 0 Å². The van der Waals surface area contributed by atoms with Crippen LogP contribution in [-0.2, 0) is 0 Å². The molecule has 0 unspecified atom stereocenters. The first-order chi connectivity index (χ1) is 7.93. The minimum Gasteiger partial charge on any atom is -0.258 e. The topological polar surface area (TPSA) is 56.0 Å². The Hall–Kier alpha value is -1.17. The van der Waals surface area contributed by atoms with E-state index in [2.05, 4.69) is 4.98 Å². The van der Waals surface area contributed by atoms with Gasteiger partial charge in [-0.05, 0) is 6.07 Å². The molecule has 0 fully saturated rings. The molecule has 0 aliphatic carbocycles. The molecule has 0 N–H and O–H groups in total. The van der Waals surface area contributed by atoms with Crippen LogP contribution >= 0.6 is 34.8 Å². The van der Waals surface area contributed by atoms with Crippen LogP contribution in [0.1, 0.15) is 0 Å². The highest BCUT2D eigenvalue weighted by Gasteiger charge is 2.21. The predicted molar refractivity (Wildman–Crippen MR) is 63.4 cm³/mol. The second-order valence-electron chi connectivity index (χ2n) is 3.10. The number of nitrogens with zero attached hydrogens (tertiary/aromatic N) is 2. The number of nitro groups is 1. The summed E-state index contributed by atoms with van der Waals surface area (Å²) in [5.41, 5.74) is -0.250. The van der Waals surface area contributed by atoms with Crippen LogP contribution in [0.25, 0.3) is 10.9 Å². The van der Waals surface area contributed by atoms with E-state index < -0.39 is 16.4 Å². The fourth-order valence-electron chi connectivity index (χ4n) is 1.34. The summed E-state index contributed by atoms with van der Waals surface area (Å²) in [6, 6.07) is 1.20. The molecule has 0 saturated heterocycles. The lowest BCUT2D eigenvalue weighted by atomic mass is 10.2. The Morgan fingerprint density at radius 2 is 1.94 bits per heavy atom. The molecule has 1 aromatic carbocycles. The molecule has 0 aliphatic heterocycles. The van der Waals surface area contributed by atoms with Crippen molar-refractivity contribution in [2.45, 2.75) is 0 Å². The van der Waals surface area contributed by atoms with Crippen molar-refractivity contribution in [2.24, 2.45) is 0 Å². The van der Waals surface area contributed by atoms with Gasteiger partial charge in [0.05, 0.1) is 20.5 Å². The Morgan fingerprint density at radius 3 is 2.53 bits per heavy atom. The van der Waals surface area contributed by atoms with E-state index in [9.17, 15) is 14.5 Å². The summed E-state index contributed by atoms with van der Waals surface area (Å²) in [5, 5.41) is 9.76. The second kappa shape index (κ2) is 4.25. The Morgan fingerprint density at radius 1 is 1.29 bits per heavy atom. The van der Waals surface area contributed by atoms with Crippen molar-refractivity contribution >= 4 is 51.4 Å². The van der Waals surface area contributed by atoms with Gasteiger partial charge in [0.1, 0.15) is 11.2 Å². The quantitative estimate of drug-likeness (QED) is 0.449. The van der Waals surface area contributed by atoms with Gasteiger partial charge in [-0.25, -0.2) is 9.37 Å². The van der Waals surface area contributed by atoms with E-state index >= 15 is 0 Å². The average Bonchev–Trinajstić information content (AvgIpc) is 2.25. The van der Waals surface area contributed by atoms with Gasteiger partial charge in [-0.15, -0.1) is 0 Å².